The maximum Gasteiger partial charge on any atom is 0.262 e. The molecule has 0 radical (unpaired) electrons. The Hall–Kier alpha value is -1.22. The molecule has 0 bridgehead atoms. The lowest BCUT2D eigenvalue weighted by atomic mass is 9.84. The van der Waals surface area contributed by atoms with Crippen LogP contribution in [0.25, 0.3) is 0 Å². The molecule has 0 aromatic heterocycles. The predicted molar refractivity (Wildman–Crippen MR) is 75.7 cm³/mol. The molecule has 1 aromatic carbocycles. The molecule has 1 heterocycles. The van der Waals surface area contributed by atoms with Gasteiger partial charge in [-0.15, -0.1) is 11.6 Å². The minimum Gasteiger partial charge on any atom is -0.482 e. The second-order valence-corrected chi connectivity index (χ2v) is 5.86. The predicted octanol–water partition coefficient (Wildman–Crippen LogP) is 3.88. The summed E-state index contributed by atoms with van der Waals surface area (Å²) in [6.45, 7) is 0.0965. The number of hydrogen-bond acceptors (Lipinski definition) is 2. The Labute approximate surface area is 118 Å². The van der Waals surface area contributed by atoms with Gasteiger partial charge in [-0.05, 0) is 36.5 Å². The van der Waals surface area contributed by atoms with Crippen LogP contribution >= 0.6 is 11.6 Å². The third-order valence-corrected chi connectivity index (χ3v) is 4.63. The number of amides is 1. The van der Waals surface area contributed by atoms with Crippen molar-refractivity contribution in [2.45, 2.75) is 37.5 Å². The van der Waals surface area contributed by atoms with E-state index in [1.165, 1.54) is 32.1 Å². The van der Waals surface area contributed by atoms with Crippen molar-refractivity contribution < 1.29 is 9.53 Å². The fraction of sp³-hybridized carbons (Fsp3) is 0.533. The van der Waals surface area contributed by atoms with Crippen molar-refractivity contribution >= 4 is 23.2 Å². The summed E-state index contributed by atoms with van der Waals surface area (Å²) in [6, 6.07) is 5.88. The van der Waals surface area contributed by atoms with Crippen LogP contribution in [0.1, 0.15) is 43.0 Å². The van der Waals surface area contributed by atoms with E-state index in [0.717, 1.165) is 17.0 Å². The second kappa shape index (κ2) is 5.41. The molecule has 1 aliphatic carbocycles. The molecule has 3 nitrogen and oxygen atoms in total. The zero-order valence-corrected chi connectivity index (χ0v) is 11.6. The first-order chi connectivity index (χ1) is 9.24. The Balaban J connectivity index is 1.80. The molecule has 102 valence electrons. The van der Waals surface area contributed by atoms with Crippen LogP contribution in [0.2, 0.25) is 0 Å². The Kier molecular flexibility index (Phi) is 3.65. The highest BCUT2D eigenvalue weighted by atomic mass is 35.5. The van der Waals surface area contributed by atoms with Crippen LogP contribution in [0.5, 0.6) is 5.75 Å². The van der Waals surface area contributed by atoms with Gasteiger partial charge >= 0.3 is 0 Å². The summed E-state index contributed by atoms with van der Waals surface area (Å²) in [4.78, 5) is 11.3. The van der Waals surface area contributed by atoms with Gasteiger partial charge in [0.05, 0.1) is 11.1 Å². The number of alkyl halides is 1. The molecule has 4 heteroatoms. The van der Waals surface area contributed by atoms with E-state index < -0.39 is 0 Å². The zero-order valence-electron chi connectivity index (χ0n) is 10.8. The highest BCUT2D eigenvalue weighted by molar-refractivity contribution is 6.21. The lowest BCUT2D eigenvalue weighted by Crippen LogP contribution is -2.25. The van der Waals surface area contributed by atoms with Crippen molar-refractivity contribution in [3.63, 3.8) is 0 Å². The van der Waals surface area contributed by atoms with E-state index in [9.17, 15) is 4.79 Å². The average molecular weight is 280 g/mol. The lowest BCUT2D eigenvalue weighted by molar-refractivity contribution is -0.118. The molecular formula is C15H18ClNO2. The van der Waals surface area contributed by atoms with Crippen LogP contribution in [0.3, 0.4) is 0 Å². The summed E-state index contributed by atoms with van der Waals surface area (Å²) in [5.41, 5.74) is 1.83. The van der Waals surface area contributed by atoms with E-state index in [1.807, 2.05) is 18.2 Å². The molecule has 2 aliphatic rings. The third kappa shape index (κ3) is 2.71. The number of halogens is 1. The molecule has 1 atom stereocenters. The molecule has 1 N–H and O–H groups in total. The molecule has 0 spiro atoms. The van der Waals surface area contributed by atoms with E-state index >= 15 is 0 Å². The molecule has 3 rings (SSSR count). The van der Waals surface area contributed by atoms with E-state index in [2.05, 4.69) is 5.32 Å². The monoisotopic (exact) mass is 279 g/mol. The van der Waals surface area contributed by atoms with Crippen molar-refractivity contribution in [1.82, 2.24) is 0 Å². The van der Waals surface area contributed by atoms with Gasteiger partial charge in [-0.3, -0.25) is 4.79 Å². The molecule has 0 saturated heterocycles. The number of benzene rings is 1. The molecular weight excluding hydrogens is 262 g/mol. The normalized spacial score (nSPS) is 21.2. The molecule has 1 unspecified atom stereocenters. The van der Waals surface area contributed by atoms with Crippen molar-refractivity contribution in [3.05, 3.63) is 23.8 Å². The summed E-state index contributed by atoms with van der Waals surface area (Å²) in [5, 5.41) is 2.87. The van der Waals surface area contributed by atoms with Crippen LogP contribution in [0, 0.1) is 5.92 Å². The van der Waals surface area contributed by atoms with Crippen LogP contribution in [-0.2, 0) is 4.79 Å². The zero-order chi connectivity index (χ0) is 13.2. The summed E-state index contributed by atoms with van der Waals surface area (Å²) in [7, 11) is 0. The Bertz CT molecular complexity index is 483. The van der Waals surface area contributed by atoms with Gasteiger partial charge in [0.1, 0.15) is 5.75 Å². The van der Waals surface area contributed by atoms with Crippen LogP contribution in [0.4, 0.5) is 5.69 Å². The van der Waals surface area contributed by atoms with Crippen LogP contribution in [-0.4, -0.2) is 12.5 Å². The number of hydrogen-bond donors (Lipinski definition) is 1. The molecule has 19 heavy (non-hydrogen) atoms. The molecule has 1 saturated carbocycles. The lowest BCUT2D eigenvalue weighted by Gasteiger charge is -2.27. The SMILES string of the molecule is O=C1COc2ccc(C(Cl)C3CCCCC3)cc2N1. The average Bonchev–Trinajstić information content (AvgIpc) is 2.46. The summed E-state index contributed by atoms with van der Waals surface area (Å²) >= 11 is 6.61. The Morgan fingerprint density at radius 2 is 2.05 bits per heavy atom. The topological polar surface area (TPSA) is 38.3 Å². The second-order valence-electron chi connectivity index (χ2n) is 5.39. The first-order valence-corrected chi connectivity index (χ1v) is 7.38. The van der Waals surface area contributed by atoms with Crippen LogP contribution < -0.4 is 10.1 Å². The smallest absolute Gasteiger partial charge is 0.262 e. The molecule has 1 amide bonds. The third-order valence-electron chi connectivity index (χ3n) is 4.02. The van der Waals surface area contributed by atoms with Gasteiger partial charge in [-0.25, -0.2) is 0 Å². The van der Waals surface area contributed by atoms with Crippen molar-refractivity contribution in [2.24, 2.45) is 5.92 Å². The van der Waals surface area contributed by atoms with E-state index in [-0.39, 0.29) is 17.9 Å². The maximum atomic E-state index is 11.3. The fourth-order valence-electron chi connectivity index (χ4n) is 2.97. The van der Waals surface area contributed by atoms with Gasteiger partial charge in [-0.1, -0.05) is 25.3 Å². The highest BCUT2D eigenvalue weighted by Gasteiger charge is 2.25. The number of carbonyl (C=O) groups is 1. The number of anilines is 1. The highest BCUT2D eigenvalue weighted by Crippen LogP contribution is 2.41. The quantitative estimate of drug-likeness (QED) is 0.835. The van der Waals surface area contributed by atoms with E-state index in [0.29, 0.717) is 5.92 Å². The van der Waals surface area contributed by atoms with Crippen molar-refractivity contribution in [2.75, 3.05) is 11.9 Å². The summed E-state index contributed by atoms with van der Waals surface area (Å²) in [6.07, 6.45) is 6.29. The number of nitrogens with one attached hydrogen (secondary N) is 1. The van der Waals surface area contributed by atoms with Gasteiger partial charge in [0, 0.05) is 0 Å². The standard InChI is InChI=1S/C15H18ClNO2/c16-15(10-4-2-1-3-5-10)11-6-7-13-12(8-11)17-14(18)9-19-13/h6-8,10,15H,1-5,9H2,(H,17,18). The van der Waals surface area contributed by atoms with Gasteiger partial charge in [0.2, 0.25) is 0 Å². The molecule has 1 aromatic rings. The first-order valence-electron chi connectivity index (χ1n) is 6.95. The molecule has 1 fully saturated rings. The van der Waals surface area contributed by atoms with Gasteiger partial charge in [-0.2, -0.15) is 0 Å². The fourth-order valence-corrected chi connectivity index (χ4v) is 3.36. The number of rotatable bonds is 2. The van der Waals surface area contributed by atoms with E-state index in [4.69, 9.17) is 16.3 Å². The summed E-state index contributed by atoms with van der Waals surface area (Å²) < 4.78 is 5.36. The van der Waals surface area contributed by atoms with Gasteiger partial charge in [0.25, 0.3) is 5.91 Å². The minimum absolute atomic E-state index is 0.0319. The molecule has 1 aliphatic heterocycles. The number of carbonyl (C=O) groups excluding carboxylic acids is 1. The first kappa shape index (κ1) is 12.8. The number of fused-ring (bicyclic) bond motifs is 1. The minimum atomic E-state index is -0.103. The largest absolute Gasteiger partial charge is 0.482 e. The Morgan fingerprint density at radius 1 is 1.26 bits per heavy atom. The van der Waals surface area contributed by atoms with Crippen molar-refractivity contribution in [3.8, 4) is 5.75 Å². The number of ether oxygens (including phenoxy) is 1. The van der Waals surface area contributed by atoms with Gasteiger partial charge < -0.3 is 10.1 Å². The van der Waals surface area contributed by atoms with Gasteiger partial charge in [0.15, 0.2) is 6.61 Å². The van der Waals surface area contributed by atoms with Crippen molar-refractivity contribution in [1.29, 1.82) is 0 Å². The summed E-state index contributed by atoms with van der Waals surface area (Å²) in [5.74, 6) is 1.18. The maximum absolute atomic E-state index is 11.3. The van der Waals surface area contributed by atoms with E-state index in [1.54, 1.807) is 0 Å². The Morgan fingerprint density at radius 3 is 2.84 bits per heavy atom. The van der Waals surface area contributed by atoms with Crippen LogP contribution in [0.15, 0.2) is 18.2 Å².